The molecule has 0 spiro atoms. The molecule has 1 rings (SSSR count). The molecule has 1 fully saturated rings. The molecule has 1 saturated heterocycles. The van der Waals surface area contributed by atoms with Crippen LogP contribution in [0.25, 0.3) is 0 Å². The summed E-state index contributed by atoms with van der Waals surface area (Å²) in [5.74, 6) is 0.0938. The molecule has 0 bridgehead atoms. The van der Waals surface area contributed by atoms with Gasteiger partial charge in [-0.2, -0.15) is 0 Å². The molecule has 1 unspecified atom stereocenters. The van der Waals surface area contributed by atoms with Crippen LogP contribution in [0.15, 0.2) is 0 Å². The van der Waals surface area contributed by atoms with E-state index in [4.69, 9.17) is 9.84 Å². The van der Waals surface area contributed by atoms with Crippen LogP contribution in [0, 0.1) is 5.41 Å². The summed E-state index contributed by atoms with van der Waals surface area (Å²) in [4.78, 5) is 12.4. The fraction of sp³-hybridized carbons (Fsp3) is 0.923. The third kappa shape index (κ3) is 4.23. The van der Waals surface area contributed by atoms with E-state index in [1.807, 2.05) is 6.92 Å². The highest BCUT2D eigenvalue weighted by molar-refractivity contribution is 5.83. The molecule has 1 atom stereocenters. The Bertz CT molecular complexity index is 247. The quantitative estimate of drug-likeness (QED) is 0.613. The third-order valence-corrected chi connectivity index (χ3v) is 3.64. The topological polar surface area (TPSA) is 70.6 Å². The summed E-state index contributed by atoms with van der Waals surface area (Å²) in [5.41, 5.74) is -0.381. The van der Waals surface area contributed by atoms with Gasteiger partial charge in [-0.1, -0.05) is 0 Å². The first-order valence-corrected chi connectivity index (χ1v) is 6.76. The molecule has 106 valence electrons. The van der Waals surface area contributed by atoms with Gasteiger partial charge in [0.05, 0.1) is 12.0 Å². The Hall–Kier alpha value is -0.650. The summed E-state index contributed by atoms with van der Waals surface area (Å²) in [5, 5.41) is 15.1. The van der Waals surface area contributed by atoms with Crippen molar-refractivity contribution in [1.29, 1.82) is 0 Å². The number of aliphatic hydroxyl groups is 1. The van der Waals surface area contributed by atoms with Gasteiger partial charge in [0, 0.05) is 19.8 Å². The molecular formula is C13H26N2O3. The van der Waals surface area contributed by atoms with Gasteiger partial charge in [0.1, 0.15) is 0 Å². The smallest absolute Gasteiger partial charge is 0.228 e. The van der Waals surface area contributed by atoms with Crippen LogP contribution in [0.5, 0.6) is 0 Å². The highest BCUT2D eigenvalue weighted by atomic mass is 16.5. The SMILES string of the molecule is COCC1(C(=O)NC(C)CCCO)CCNCC1. The number of carbonyl (C=O) groups excluding carboxylic acids is 1. The normalized spacial score (nSPS) is 20.4. The van der Waals surface area contributed by atoms with Crippen molar-refractivity contribution in [2.24, 2.45) is 5.41 Å². The lowest BCUT2D eigenvalue weighted by molar-refractivity contribution is -0.136. The molecular weight excluding hydrogens is 232 g/mol. The Morgan fingerprint density at radius 1 is 1.50 bits per heavy atom. The third-order valence-electron chi connectivity index (χ3n) is 3.64. The van der Waals surface area contributed by atoms with Gasteiger partial charge < -0.3 is 20.5 Å². The number of aliphatic hydroxyl groups excluding tert-OH is 1. The van der Waals surface area contributed by atoms with Crippen molar-refractivity contribution >= 4 is 5.91 Å². The van der Waals surface area contributed by atoms with Crippen molar-refractivity contribution < 1.29 is 14.6 Å². The van der Waals surface area contributed by atoms with E-state index in [1.54, 1.807) is 7.11 Å². The summed E-state index contributed by atoms with van der Waals surface area (Å²) >= 11 is 0. The minimum Gasteiger partial charge on any atom is -0.396 e. The maximum absolute atomic E-state index is 12.4. The lowest BCUT2D eigenvalue weighted by atomic mass is 9.78. The molecule has 1 aliphatic rings. The van der Waals surface area contributed by atoms with Crippen LogP contribution in [0.3, 0.4) is 0 Å². The first kappa shape index (κ1) is 15.4. The highest BCUT2D eigenvalue weighted by Gasteiger charge is 2.39. The maximum Gasteiger partial charge on any atom is 0.228 e. The molecule has 0 saturated carbocycles. The minimum absolute atomic E-state index is 0.0938. The number of hydrogen-bond donors (Lipinski definition) is 3. The van der Waals surface area contributed by atoms with Gasteiger partial charge in [-0.3, -0.25) is 4.79 Å². The molecule has 0 aromatic carbocycles. The average molecular weight is 258 g/mol. The summed E-state index contributed by atoms with van der Waals surface area (Å²) in [6, 6.07) is 0.105. The van der Waals surface area contributed by atoms with Crippen molar-refractivity contribution in [2.75, 3.05) is 33.4 Å². The summed E-state index contributed by atoms with van der Waals surface area (Å²) in [6.07, 6.45) is 3.17. The fourth-order valence-corrected chi connectivity index (χ4v) is 2.47. The van der Waals surface area contributed by atoms with E-state index in [1.165, 1.54) is 0 Å². The first-order valence-electron chi connectivity index (χ1n) is 6.76. The minimum atomic E-state index is -0.381. The predicted molar refractivity (Wildman–Crippen MR) is 70.3 cm³/mol. The molecule has 0 radical (unpaired) electrons. The number of amides is 1. The number of carbonyl (C=O) groups is 1. The van der Waals surface area contributed by atoms with Gasteiger partial charge in [0.25, 0.3) is 0 Å². The van der Waals surface area contributed by atoms with Gasteiger partial charge >= 0.3 is 0 Å². The van der Waals surface area contributed by atoms with Gasteiger partial charge in [0.15, 0.2) is 0 Å². The Kier molecular flexibility index (Phi) is 6.60. The second kappa shape index (κ2) is 7.71. The van der Waals surface area contributed by atoms with E-state index in [-0.39, 0.29) is 24.0 Å². The molecule has 0 aromatic heterocycles. The van der Waals surface area contributed by atoms with Crippen LogP contribution < -0.4 is 10.6 Å². The lowest BCUT2D eigenvalue weighted by Crippen LogP contribution is -2.52. The standard InChI is InChI=1S/C13H26N2O3/c1-11(4-3-9-16)15-12(17)13(10-18-2)5-7-14-8-6-13/h11,14,16H,3-10H2,1-2H3,(H,15,17). The van der Waals surface area contributed by atoms with Crippen molar-refractivity contribution in [1.82, 2.24) is 10.6 Å². The molecule has 1 amide bonds. The maximum atomic E-state index is 12.4. The van der Waals surface area contributed by atoms with Gasteiger partial charge in [0.2, 0.25) is 5.91 Å². The summed E-state index contributed by atoms with van der Waals surface area (Å²) < 4.78 is 5.24. The molecule has 1 aliphatic heterocycles. The molecule has 0 aliphatic carbocycles. The Labute approximate surface area is 109 Å². The van der Waals surface area contributed by atoms with E-state index < -0.39 is 0 Å². The molecule has 0 aromatic rings. The zero-order valence-corrected chi connectivity index (χ0v) is 11.5. The van der Waals surface area contributed by atoms with Crippen molar-refractivity contribution in [2.45, 2.75) is 38.6 Å². The Morgan fingerprint density at radius 2 is 2.17 bits per heavy atom. The van der Waals surface area contributed by atoms with E-state index in [0.717, 1.165) is 38.8 Å². The van der Waals surface area contributed by atoms with Crippen LogP contribution in [0.4, 0.5) is 0 Å². The predicted octanol–water partition coefficient (Wildman–Crippen LogP) is 0.280. The van der Waals surface area contributed by atoms with Gasteiger partial charge in [-0.25, -0.2) is 0 Å². The number of methoxy groups -OCH3 is 1. The lowest BCUT2D eigenvalue weighted by Gasteiger charge is -2.36. The largest absolute Gasteiger partial charge is 0.396 e. The van der Waals surface area contributed by atoms with E-state index in [2.05, 4.69) is 10.6 Å². The molecule has 3 N–H and O–H groups in total. The zero-order valence-electron chi connectivity index (χ0n) is 11.5. The van der Waals surface area contributed by atoms with Crippen LogP contribution >= 0.6 is 0 Å². The van der Waals surface area contributed by atoms with E-state index >= 15 is 0 Å². The second-order valence-corrected chi connectivity index (χ2v) is 5.20. The highest BCUT2D eigenvalue weighted by Crippen LogP contribution is 2.29. The van der Waals surface area contributed by atoms with Crippen molar-refractivity contribution in [3.8, 4) is 0 Å². The molecule has 18 heavy (non-hydrogen) atoms. The molecule has 1 heterocycles. The van der Waals surface area contributed by atoms with E-state index in [0.29, 0.717) is 6.61 Å². The van der Waals surface area contributed by atoms with Crippen molar-refractivity contribution in [3.05, 3.63) is 0 Å². The fourth-order valence-electron chi connectivity index (χ4n) is 2.47. The number of rotatable bonds is 7. The average Bonchev–Trinajstić information content (AvgIpc) is 2.37. The van der Waals surface area contributed by atoms with Gasteiger partial charge in [-0.05, 0) is 45.7 Å². The number of piperidine rings is 1. The monoisotopic (exact) mass is 258 g/mol. The Morgan fingerprint density at radius 3 is 2.72 bits per heavy atom. The summed E-state index contributed by atoms with van der Waals surface area (Å²) in [6.45, 7) is 4.36. The van der Waals surface area contributed by atoms with Crippen molar-refractivity contribution in [3.63, 3.8) is 0 Å². The first-order chi connectivity index (χ1) is 8.64. The van der Waals surface area contributed by atoms with Crippen LogP contribution in [-0.4, -0.2) is 50.5 Å². The second-order valence-electron chi connectivity index (χ2n) is 5.20. The van der Waals surface area contributed by atoms with Crippen LogP contribution in [0.2, 0.25) is 0 Å². The van der Waals surface area contributed by atoms with E-state index in [9.17, 15) is 4.79 Å². The Balaban J connectivity index is 2.53. The number of hydrogen-bond acceptors (Lipinski definition) is 4. The zero-order chi connectivity index (χ0) is 13.4. The number of ether oxygens (including phenoxy) is 1. The number of nitrogens with one attached hydrogen (secondary N) is 2. The molecule has 5 heteroatoms. The van der Waals surface area contributed by atoms with Crippen LogP contribution in [0.1, 0.15) is 32.6 Å². The van der Waals surface area contributed by atoms with Gasteiger partial charge in [-0.15, -0.1) is 0 Å². The molecule has 5 nitrogen and oxygen atoms in total. The summed E-state index contributed by atoms with van der Waals surface area (Å²) in [7, 11) is 1.65. The van der Waals surface area contributed by atoms with Crippen LogP contribution in [-0.2, 0) is 9.53 Å².